The van der Waals surface area contributed by atoms with Gasteiger partial charge in [-0.15, -0.1) is 0 Å². The van der Waals surface area contributed by atoms with Crippen molar-refractivity contribution in [3.8, 4) is 5.75 Å². The molecule has 172 valence electrons. The Balaban J connectivity index is 1.38. The molecule has 0 unspecified atom stereocenters. The molecule has 4 heterocycles. The minimum atomic E-state index is -0.647. The van der Waals surface area contributed by atoms with Gasteiger partial charge in [-0.1, -0.05) is 13.0 Å². The van der Waals surface area contributed by atoms with Crippen molar-refractivity contribution in [3.05, 3.63) is 58.8 Å². The maximum absolute atomic E-state index is 13.5. The largest absolute Gasteiger partial charge is 0.497 e. The summed E-state index contributed by atoms with van der Waals surface area (Å²) in [5.74, 6) is 1.37. The molecule has 0 N–H and O–H groups in total. The van der Waals surface area contributed by atoms with E-state index in [1.165, 1.54) is 4.68 Å². The second-order valence-corrected chi connectivity index (χ2v) is 8.27. The summed E-state index contributed by atoms with van der Waals surface area (Å²) in [6.07, 6.45) is 2.07. The summed E-state index contributed by atoms with van der Waals surface area (Å²) >= 11 is 0. The van der Waals surface area contributed by atoms with Crippen LogP contribution in [0.3, 0.4) is 0 Å². The fraction of sp³-hybridized carbons (Fsp3) is 0.375. The highest BCUT2D eigenvalue weighted by atomic mass is 16.5. The van der Waals surface area contributed by atoms with Gasteiger partial charge in [0.1, 0.15) is 23.1 Å². The van der Waals surface area contributed by atoms with E-state index in [4.69, 9.17) is 9.15 Å². The highest BCUT2D eigenvalue weighted by Crippen LogP contribution is 2.24. The first-order valence-electron chi connectivity index (χ1n) is 11.2. The fourth-order valence-corrected chi connectivity index (χ4v) is 4.66. The lowest BCUT2D eigenvalue weighted by molar-refractivity contribution is -0.135. The first-order chi connectivity index (χ1) is 16.0. The van der Waals surface area contributed by atoms with Crippen molar-refractivity contribution < 1.29 is 13.9 Å². The molecule has 1 aliphatic rings. The number of piperazine rings is 1. The maximum Gasteiger partial charge on any atom is 0.291 e. The Bertz CT molecular complexity index is 1380. The molecule has 1 amide bonds. The molecule has 5 rings (SSSR count). The van der Waals surface area contributed by atoms with Crippen molar-refractivity contribution in [1.82, 2.24) is 19.1 Å². The van der Waals surface area contributed by atoms with Crippen LogP contribution in [0.1, 0.15) is 25.2 Å². The van der Waals surface area contributed by atoms with E-state index in [0.717, 1.165) is 17.0 Å². The number of carbonyl (C=O) groups is 1. The molecule has 1 saturated heterocycles. The van der Waals surface area contributed by atoms with Crippen LogP contribution in [0.15, 0.2) is 51.9 Å². The molecular weight excluding hydrogens is 422 g/mol. The Labute approximate surface area is 190 Å². The lowest BCUT2D eigenvalue weighted by atomic mass is 10.1. The summed E-state index contributed by atoms with van der Waals surface area (Å²) in [4.78, 5) is 30.8. The van der Waals surface area contributed by atoms with Crippen LogP contribution in [0.5, 0.6) is 5.75 Å². The van der Waals surface area contributed by atoms with Crippen molar-refractivity contribution in [1.29, 1.82) is 0 Å². The molecule has 1 atom stereocenters. The molecule has 9 nitrogen and oxygen atoms in total. The van der Waals surface area contributed by atoms with Gasteiger partial charge in [0.25, 0.3) is 5.56 Å². The van der Waals surface area contributed by atoms with Gasteiger partial charge >= 0.3 is 0 Å². The molecule has 0 saturated carbocycles. The van der Waals surface area contributed by atoms with Crippen molar-refractivity contribution >= 4 is 28.2 Å². The molecule has 4 aromatic rings. The second-order valence-electron chi connectivity index (χ2n) is 8.27. The zero-order chi connectivity index (χ0) is 23.1. The van der Waals surface area contributed by atoms with Crippen molar-refractivity contribution in [2.45, 2.75) is 26.3 Å². The van der Waals surface area contributed by atoms with Gasteiger partial charge in [0, 0.05) is 50.1 Å². The molecule has 33 heavy (non-hydrogen) atoms. The molecule has 1 aromatic carbocycles. The Morgan fingerprint density at radius 2 is 1.94 bits per heavy atom. The van der Waals surface area contributed by atoms with Crippen LogP contribution >= 0.6 is 0 Å². The van der Waals surface area contributed by atoms with Crippen LogP contribution in [0, 0.1) is 6.92 Å². The normalized spacial score (nSPS) is 15.4. The number of nitrogens with zero attached hydrogens (tertiary/aromatic N) is 5. The Morgan fingerprint density at radius 3 is 2.67 bits per heavy atom. The van der Waals surface area contributed by atoms with Crippen molar-refractivity contribution in [3.63, 3.8) is 0 Å². The Morgan fingerprint density at radius 1 is 1.15 bits per heavy atom. The average Bonchev–Trinajstić information content (AvgIpc) is 3.44. The predicted molar refractivity (Wildman–Crippen MR) is 125 cm³/mol. The van der Waals surface area contributed by atoms with E-state index in [0.29, 0.717) is 49.5 Å². The number of aromatic nitrogens is 3. The lowest BCUT2D eigenvalue weighted by Gasteiger charge is -2.37. The van der Waals surface area contributed by atoms with Gasteiger partial charge in [0.15, 0.2) is 5.58 Å². The van der Waals surface area contributed by atoms with Crippen LogP contribution < -0.4 is 15.2 Å². The number of fused-ring (bicyclic) bond motifs is 3. The highest BCUT2D eigenvalue weighted by molar-refractivity contribution is 5.83. The molecule has 0 bridgehead atoms. The van der Waals surface area contributed by atoms with E-state index < -0.39 is 6.04 Å². The summed E-state index contributed by atoms with van der Waals surface area (Å²) in [5, 5.41) is 4.53. The zero-order valence-corrected chi connectivity index (χ0v) is 19.0. The van der Waals surface area contributed by atoms with Crippen LogP contribution in [0.4, 0.5) is 5.69 Å². The maximum atomic E-state index is 13.5. The molecule has 9 heteroatoms. The monoisotopic (exact) mass is 449 g/mol. The van der Waals surface area contributed by atoms with Crippen LogP contribution in [0.25, 0.3) is 16.6 Å². The smallest absolute Gasteiger partial charge is 0.291 e. The summed E-state index contributed by atoms with van der Waals surface area (Å²) in [7, 11) is 1.65. The van der Waals surface area contributed by atoms with Gasteiger partial charge in [-0.05, 0) is 25.5 Å². The Hall–Kier alpha value is -3.75. The minimum absolute atomic E-state index is 0.0728. The number of anilines is 1. The first-order valence-corrected chi connectivity index (χ1v) is 11.2. The fourth-order valence-electron chi connectivity index (χ4n) is 4.66. The first kappa shape index (κ1) is 21.1. The molecule has 0 spiro atoms. The van der Waals surface area contributed by atoms with Crippen LogP contribution in [-0.2, 0) is 4.79 Å². The van der Waals surface area contributed by atoms with E-state index in [-0.39, 0.29) is 11.5 Å². The van der Waals surface area contributed by atoms with Gasteiger partial charge in [0.05, 0.1) is 18.9 Å². The van der Waals surface area contributed by atoms with E-state index in [9.17, 15) is 9.59 Å². The third-order valence-corrected chi connectivity index (χ3v) is 6.40. The highest BCUT2D eigenvalue weighted by Gasteiger charge is 2.30. The number of amides is 1. The quantitative estimate of drug-likeness (QED) is 0.466. The summed E-state index contributed by atoms with van der Waals surface area (Å²) < 4.78 is 13.9. The minimum Gasteiger partial charge on any atom is -0.497 e. The molecule has 1 aliphatic heterocycles. The van der Waals surface area contributed by atoms with E-state index in [2.05, 4.69) is 10.00 Å². The number of carbonyl (C=O) groups excluding carboxylic acids is 1. The summed E-state index contributed by atoms with van der Waals surface area (Å²) in [5.41, 5.74) is 2.67. The second kappa shape index (κ2) is 8.31. The number of ether oxygens (including phenoxy) is 1. The average molecular weight is 450 g/mol. The number of hydrogen-bond donors (Lipinski definition) is 0. The topological polar surface area (TPSA) is 85.2 Å². The Kier molecular flexibility index (Phi) is 5.32. The number of benzene rings is 1. The third-order valence-electron chi connectivity index (χ3n) is 6.40. The SMILES string of the molecule is CC[C@@H](C(=O)N1CCN(c2cccc(OC)c2)CC1)n1nc(C)n2c(cc3occc32)c1=O. The van der Waals surface area contributed by atoms with Crippen LogP contribution in [-0.4, -0.2) is 58.3 Å². The predicted octanol–water partition coefficient (Wildman–Crippen LogP) is 2.86. The standard InChI is InChI=1S/C24H27N5O4/c1-4-19(29-24(31)21-15-22-20(8-13-33-22)28(21)16(2)25-29)23(30)27-11-9-26(10-12-27)17-6-5-7-18(14-17)32-3/h5-8,13-15,19H,4,9-12H2,1-3H3/t19-/m0/s1. The molecule has 0 aliphatic carbocycles. The lowest BCUT2D eigenvalue weighted by Crippen LogP contribution is -2.51. The van der Waals surface area contributed by atoms with Crippen molar-refractivity contribution in [2.24, 2.45) is 0 Å². The number of aryl methyl sites for hydroxylation is 1. The summed E-state index contributed by atoms with van der Waals surface area (Å²) in [6, 6.07) is 10.8. The zero-order valence-electron chi connectivity index (χ0n) is 19.0. The van der Waals surface area contributed by atoms with Crippen LogP contribution in [0.2, 0.25) is 0 Å². The van der Waals surface area contributed by atoms with E-state index in [1.54, 1.807) is 23.8 Å². The number of hydrogen-bond acceptors (Lipinski definition) is 6. The van der Waals surface area contributed by atoms with Gasteiger partial charge in [-0.3, -0.25) is 14.0 Å². The molecule has 1 fully saturated rings. The van der Waals surface area contributed by atoms with Crippen molar-refractivity contribution in [2.75, 3.05) is 38.2 Å². The van der Waals surface area contributed by atoms with Gasteiger partial charge in [0.2, 0.25) is 5.91 Å². The summed E-state index contributed by atoms with van der Waals surface area (Å²) in [6.45, 7) is 6.34. The van der Waals surface area contributed by atoms with Gasteiger partial charge in [-0.2, -0.15) is 5.10 Å². The van der Waals surface area contributed by atoms with E-state index in [1.807, 2.05) is 49.1 Å². The number of rotatable bonds is 5. The van der Waals surface area contributed by atoms with E-state index >= 15 is 0 Å². The molecule has 0 radical (unpaired) electrons. The number of methoxy groups -OCH3 is 1. The van der Waals surface area contributed by atoms with Gasteiger partial charge in [-0.25, -0.2) is 4.68 Å². The number of furan rings is 1. The van der Waals surface area contributed by atoms with Gasteiger partial charge < -0.3 is 19.0 Å². The third kappa shape index (κ3) is 3.53. The molecular formula is C24H27N5O4. The molecule has 3 aromatic heterocycles.